The molecule has 20 heavy (non-hydrogen) atoms. The van der Waals surface area contributed by atoms with Gasteiger partial charge in [0.25, 0.3) is 0 Å². The normalized spacial score (nSPS) is 12.2. The first-order valence-corrected chi connectivity index (χ1v) is 7.30. The van der Waals surface area contributed by atoms with Crippen molar-refractivity contribution < 1.29 is 4.74 Å². The first-order chi connectivity index (χ1) is 9.23. The molecule has 1 rings (SSSR count). The van der Waals surface area contributed by atoms with Crippen molar-refractivity contribution in [3.63, 3.8) is 0 Å². The molecule has 1 N–H and O–H groups in total. The third kappa shape index (κ3) is 6.25. The molecule has 0 radical (unpaired) electrons. The standard InChI is InChI=1S/C18H29NO/c1-7-10-15-11-8-9-12-16(15)20-14-18(5,6)13-19-17(2,3)4/h7-9,11-12,19H,1,10,13-14H2,2-6H3. The second kappa shape index (κ2) is 6.94. The summed E-state index contributed by atoms with van der Waals surface area (Å²) in [4.78, 5) is 0. The van der Waals surface area contributed by atoms with Crippen LogP contribution < -0.4 is 10.1 Å². The summed E-state index contributed by atoms with van der Waals surface area (Å²) >= 11 is 0. The Morgan fingerprint density at radius 2 is 1.80 bits per heavy atom. The number of hydrogen-bond donors (Lipinski definition) is 1. The highest BCUT2D eigenvalue weighted by molar-refractivity contribution is 5.34. The van der Waals surface area contributed by atoms with E-state index in [1.165, 1.54) is 5.56 Å². The van der Waals surface area contributed by atoms with Gasteiger partial charge in [-0.2, -0.15) is 0 Å². The molecule has 0 atom stereocenters. The lowest BCUT2D eigenvalue weighted by atomic mass is 9.93. The van der Waals surface area contributed by atoms with Gasteiger partial charge in [-0.25, -0.2) is 0 Å². The van der Waals surface area contributed by atoms with E-state index in [2.05, 4.69) is 52.6 Å². The molecule has 0 heterocycles. The molecule has 0 saturated carbocycles. The molecule has 0 aliphatic rings. The average Bonchev–Trinajstić information content (AvgIpc) is 2.35. The van der Waals surface area contributed by atoms with Crippen molar-refractivity contribution in [1.29, 1.82) is 0 Å². The summed E-state index contributed by atoms with van der Waals surface area (Å²) in [5.74, 6) is 0.969. The molecule has 112 valence electrons. The Balaban J connectivity index is 2.59. The summed E-state index contributed by atoms with van der Waals surface area (Å²) in [5.41, 5.74) is 1.43. The molecule has 0 spiro atoms. The number of hydrogen-bond acceptors (Lipinski definition) is 2. The molecular weight excluding hydrogens is 246 g/mol. The number of para-hydroxylation sites is 1. The molecule has 2 nitrogen and oxygen atoms in total. The van der Waals surface area contributed by atoms with Gasteiger partial charge in [0.05, 0.1) is 6.61 Å². The van der Waals surface area contributed by atoms with E-state index < -0.39 is 0 Å². The molecule has 0 amide bonds. The third-order valence-electron chi connectivity index (χ3n) is 3.05. The minimum atomic E-state index is 0.0918. The van der Waals surface area contributed by atoms with Crippen molar-refractivity contribution >= 4 is 0 Å². The van der Waals surface area contributed by atoms with Crippen LogP contribution in [-0.2, 0) is 6.42 Å². The maximum atomic E-state index is 6.03. The summed E-state index contributed by atoms with van der Waals surface area (Å²) in [5, 5.41) is 3.54. The quantitative estimate of drug-likeness (QED) is 0.753. The van der Waals surface area contributed by atoms with E-state index in [-0.39, 0.29) is 11.0 Å². The predicted octanol–water partition coefficient (Wildman–Crippen LogP) is 4.21. The number of ether oxygens (including phenoxy) is 1. The minimum Gasteiger partial charge on any atom is -0.493 e. The smallest absolute Gasteiger partial charge is 0.122 e. The second-order valence-corrected chi connectivity index (χ2v) is 7.16. The van der Waals surface area contributed by atoms with Gasteiger partial charge in [0.15, 0.2) is 0 Å². The fraction of sp³-hybridized carbons (Fsp3) is 0.556. The molecule has 0 fully saturated rings. The zero-order valence-corrected chi connectivity index (χ0v) is 13.6. The lowest BCUT2D eigenvalue weighted by molar-refractivity contribution is 0.165. The number of benzene rings is 1. The van der Waals surface area contributed by atoms with Gasteiger partial charge >= 0.3 is 0 Å². The van der Waals surface area contributed by atoms with E-state index in [0.717, 1.165) is 18.7 Å². The molecule has 0 bridgehead atoms. The number of rotatable bonds is 7. The molecule has 0 aliphatic carbocycles. The Morgan fingerprint density at radius 3 is 2.40 bits per heavy atom. The molecule has 0 aliphatic heterocycles. The van der Waals surface area contributed by atoms with Crippen LogP contribution in [0.1, 0.15) is 40.2 Å². The first kappa shape index (κ1) is 16.8. The fourth-order valence-corrected chi connectivity index (χ4v) is 1.80. The number of nitrogens with one attached hydrogen (secondary N) is 1. The third-order valence-corrected chi connectivity index (χ3v) is 3.05. The van der Waals surface area contributed by atoms with Crippen LogP contribution >= 0.6 is 0 Å². The van der Waals surface area contributed by atoms with E-state index in [0.29, 0.717) is 6.61 Å². The van der Waals surface area contributed by atoms with Crippen LogP contribution in [0, 0.1) is 5.41 Å². The van der Waals surface area contributed by atoms with Crippen molar-refractivity contribution in [1.82, 2.24) is 5.32 Å². The molecule has 0 unspecified atom stereocenters. The predicted molar refractivity (Wildman–Crippen MR) is 87.4 cm³/mol. The van der Waals surface area contributed by atoms with Gasteiger partial charge in [0.1, 0.15) is 5.75 Å². The van der Waals surface area contributed by atoms with Gasteiger partial charge in [-0.3, -0.25) is 0 Å². The first-order valence-electron chi connectivity index (χ1n) is 7.30. The Labute approximate surface area is 124 Å². The second-order valence-electron chi connectivity index (χ2n) is 7.16. The van der Waals surface area contributed by atoms with Crippen molar-refractivity contribution in [2.75, 3.05) is 13.2 Å². The summed E-state index contributed by atoms with van der Waals surface area (Å²) in [6.07, 6.45) is 2.76. The highest BCUT2D eigenvalue weighted by Gasteiger charge is 2.22. The van der Waals surface area contributed by atoms with Crippen LogP contribution in [0.25, 0.3) is 0 Å². The topological polar surface area (TPSA) is 21.3 Å². The SMILES string of the molecule is C=CCc1ccccc1OCC(C)(C)CNC(C)(C)C. The van der Waals surface area contributed by atoms with Crippen LogP contribution in [0.2, 0.25) is 0 Å². The van der Waals surface area contributed by atoms with Gasteiger partial charge in [-0.15, -0.1) is 6.58 Å². The maximum absolute atomic E-state index is 6.03. The van der Waals surface area contributed by atoms with E-state index in [4.69, 9.17) is 4.74 Å². The zero-order chi connectivity index (χ0) is 15.2. The van der Waals surface area contributed by atoms with Gasteiger partial charge in [-0.05, 0) is 38.8 Å². The Bertz CT molecular complexity index is 429. The van der Waals surface area contributed by atoms with Crippen LogP contribution in [0.3, 0.4) is 0 Å². The highest BCUT2D eigenvalue weighted by Crippen LogP contribution is 2.23. The lowest BCUT2D eigenvalue weighted by Gasteiger charge is -2.30. The summed E-state index contributed by atoms with van der Waals surface area (Å²) < 4.78 is 6.03. The van der Waals surface area contributed by atoms with E-state index >= 15 is 0 Å². The Hall–Kier alpha value is -1.28. The summed E-state index contributed by atoms with van der Waals surface area (Å²) in [6, 6.07) is 8.18. The van der Waals surface area contributed by atoms with E-state index in [9.17, 15) is 0 Å². The van der Waals surface area contributed by atoms with Gasteiger partial charge < -0.3 is 10.1 Å². The van der Waals surface area contributed by atoms with Crippen LogP contribution in [0.15, 0.2) is 36.9 Å². The lowest BCUT2D eigenvalue weighted by Crippen LogP contribution is -2.43. The Morgan fingerprint density at radius 1 is 1.15 bits per heavy atom. The van der Waals surface area contributed by atoms with Gasteiger partial charge in [-0.1, -0.05) is 38.1 Å². The molecule has 0 saturated heterocycles. The molecular formula is C18H29NO. The van der Waals surface area contributed by atoms with E-state index in [1.807, 2.05) is 24.3 Å². The highest BCUT2D eigenvalue weighted by atomic mass is 16.5. The summed E-state index contributed by atoms with van der Waals surface area (Å²) in [6.45, 7) is 16.4. The van der Waals surface area contributed by atoms with Crippen molar-refractivity contribution in [3.05, 3.63) is 42.5 Å². The largest absolute Gasteiger partial charge is 0.493 e. The van der Waals surface area contributed by atoms with Gasteiger partial charge in [0, 0.05) is 17.5 Å². The fourth-order valence-electron chi connectivity index (χ4n) is 1.80. The molecule has 2 heteroatoms. The van der Waals surface area contributed by atoms with Gasteiger partial charge in [0.2, 0.25) is 0 Å². The van der Waals surface area contributed by atoms with Crippen molar-refractivity contribution in [3.8, 4) is 5.75 Å². The minimum absolute atomic E-state index is 0.0918. The molecule has 1 aromatic carbocycles. The maximum Gasteiger partial charge on any atom is 0.122 e. The average molecular weight is 275 g/mol. The summed E-state index contributed by atoms with van der Waals surface area (Å²) in [7, 11) is 0. The van der Waals surface area contributed by atoms with Crippen LogP contribution in [-0.4, -0.2) is 18.7 Å². The monoisotopic (exact) mass is 275 g/mol. The van der Waals surface area contributed by atoms with Crippen molar-refractivity contribution in [2.45, 2.75) is 46.6 Å². The zero-order valence-electron chi connectivity index (χ0n) is 13.6. The van der Waals surface area contributed by atoms with Crippen LogP contribution in [0.4, 0.5) is 0 Å². The Kier molecular flexibility index (Phi) is 5.82. The van der Waals surface area contributed by atoms with Crippen molar-refractivity contribution in [2.24, 2.45) is 5.41 Å². The molecule has 0 aromatic heterocycles. The molecule has 1 aromatic rings. The van der Waals surface area contributed by atoms with E-state index in [1.54, 1.807) is 0 Å². The number of allylic oxidation sites excluding steroid dienone is 1. The van der Waals surface area contributed by atoms with Crippen LogP contribution in [0.5, 0.6) is 5.75 Å².